The van der Waals surface area contributed by atoms with Gasteiger partial charge >= 0.3 is 0 Å². The van der Waals surface area contributed by atoms with Crippen molar-refractivity contribution in [3.8, 4) is 0 Å². The fourth-order valence-electron chi connectivity index (χ4n) is 0. The number of aliphatic imine (C=N–C) groups is 1. The molecule has 6 nitrogen and oxygen atoms in total. The van der Waals surface area contributed by atoms with Gasteiger partial charge in [-0.1, -0.05) is 11.8 Å². The van der Waals surface area contributed by atoms with Crippen molar-refractivity contribution in [1.29, 1.82) is 10.8 Å². The smallest absolute Gasteiger partial charge is 0.150 e. The Morgan fingerprint density at radius 1 is 1.14 bits per heavy atom. The van der Waals surface area contributed by atoms with E-state index in [1.54, 1.807) is 20.2 Å². The van der Waals surface area contributed by atoms with Crippen LogP contribution in [0.3, 0.4) is 0 Å². The number of nitrogens with one attached hydrogen (secondary N) is 2. The van der Waals surface area contributed by atoms with Gasteiger partial charge in [0, 0.05) is 7.05 Å². The van der Waals surface area contributed by atoms with Gasteiger partial charge in [0.2, 0.25) is 0 Å². The molecule has 7 heteroatoms. The molecule has 8 N–H and O–H groups in total. The summed E-state index contributed by atoms with van der Waals surface area (Å²) in [4.78, 5) is 3.58. The molecule has 0 aromatic heterocycles. The van der Waals surface area contributed by atoms with Crippen LogP contribution in [-0.4, -0.2) is 30.1 Å². The van der Waals surface area contributed by atoms with Crippen molar-refractivity contribution >= 4 is 28.6 Å². The SMILES string of the molecule is CC(=N)N.CN=C(C)N.CSC(=N)N. The predicted molar refractivity (Wildman–Crippen MR) is 66.2 cm³/mol. The van der Waals surface area contributed by atoms with Gasteiger partial charge in [-0.25, -0.2) is 0 Å². The van der Waals surface area contributed by atoms with Crippen LogP contribution in [0, 0.1) is 10.8 Å². The fraction of sp³-hybridized carbons (Fsp3) is 0.571. The van der Waals surface area contributed by atoms with E-state index in [-0.39, 0.29) is 11.0 Å². The molecule has 84 valence electrons. The molecule has 14 heavy (non-hydrogen) atoms. The second-order valence-corrected chi connectivity index (χ2v) is 2.96. The van der Waals surface area contributed by atoms with Gasteiger partial charge in [0.15, 0.2) is 5.17 Å². The standard InChI is InChI=1S/C3H8N2.C2H6N2S.C2H6N2/c1-3(4)5-2;1-5-2(3)4;1-2(3)4/h1-2H3,(H2,4,5);1H3,(H3,3,4);1H3,(H3,3,4). The third-order valence-electron chi connectivity index (χ3n) is 0.573. The summed E-state index contributed by atoms with van der Waals surface area (Å²) in [5, 5.41) is 12.9. The van der Waals surface area contributed by atoms with E-state index in [0.29, 0.717) is 5.84 Å². The van der Waals surface area contributed by atoms with Gasteiger partial charge in [-0.3, -0.25) is 15.8 Å². The van der Waals surface area contributed by atoms with E-state index in [1.807, 2.05) is 0 Å². The maximum atomic E-state index is 6.48. The molecular formula is C7H20N6S. The van der Waals surface area contributed by atoms with Crippen LogP contribution in [-0.2, 0) is 0 Å². The number of hydrogen-bond acceptors (Lipinski definition) is 4. The molecule has 0 rings (SSSR count). The van der Waals surface area contributed by atoms with Crippen LogP contribution < -0.4 is 17.2 Å². The lowest BCUT2D eigenvalue weighted by molar-refractivity contribution is 1.38. The summed E-state index contributed by atoms with van der Waals surface area (Å²) in [5.74, 6) is 0.796. The molecule has 0 bridgehead atoms. The van der Waals surface area contributed by atoms with Crippen molar-refractivity contribution in [3.63, 3.8) is 0 Å². The minimum Gasteiger partial charge on any atom is -0.388 e. The molecular weight excluding hydrogens is 200 g/mol. The molecule has 0 aliphatic carbocycles. The lowest BCUT2D eigenvalue weighted by Crippen LogP contribution is -2.03. The maximum absolute atomic E-state index is 6.48. The Hall–Kier alpha value is -1.24. The highest BCUT2D eigenvalue weighted by Gasteiger charge is 1.71. The van der Waals surface area contributed by atoms with Crippen molar-refractivity contribution < 1.29 is 0 Å². The molecule has 0 saturated carbocycles. The van der Waals surface area contributed by atoms with Crippen LogP contribution in [0.2, 0.25) is 0 Å². The van der Waals surface area contributed by atoms with E-state index in [0.717, 1.165) is 0 Å². The molecule has 0 amide bonds. The minimum atomic E-state index is 0.167. The van der Waals surface area contributed by atoms with E-state index < -0.39 is 0 Å². The molecule has 0 aliphatic rings. The highest BCUT2D eigenvalue weighted by molar-refractivity contribution is 8.13. The molecule has 0 heterocycles. The third-order valence-corrected chi connectivity index (χ3v) is 1.01. The van der Waals surface area contributed by atoms with Crippen molar-refractivity contribution in [3.05, 3.63) is 0 Å². The normalized spacial score (nSPS) is 8.71. The van der Waals surface area contributed by atoms with Crippen LogP contribution >= 0.6 is 11.8 Å². The number of nitrogens with two attached hydrogens (primary N) is 3. The van der Waals surface area contributed by atoms with Crippen LogP contribution in [0.5, 0.6) is 0 Å². The summed E-state index contributed by atoms with van der Waals surface area (Å²) in [6.45, 7) is 3.28. The molecule has 0 saturated heterocycles. The first kappa shape index (κ1) is 18.5. The molecule has 0 atom stereocenters. The van der Waals surface area contributed by atoms with Crippen molar-refractivity contribution in [2.75, 3.05) is 13.3 Å². The first-order valence-electron chi connectivity index (χ1n) is 3.65. The van der Waals surface area contributed by atoms with E-state index in [4.69, 9.17) is 28.0 Å². The molecule has 0 unspecified atom stereocenters. The van der Waals surface area contributed by atoms with E-state index in [9.17, 15) is 0 Å². The minimum absolute atomic E-state index is 0.167. The zero-order valence-electron chi connectivity index (χ0n) is 9.09. The first-order chi connectivity index (χ1) is 6.27. The summed E-state index contributed by atoms with van der Waals surface area (Å²) < 4.78 is 0. The molecule has 0 aromatic rings. The summed E-state index contributed by atoms with van der Waals surface area (Å²) >= 11 is 1.24. The topological polar surface area (TPSA) is 138 Å². The Labute approximate surface area is 89.3 Å². The van der Waals surface area contributed by atoms with E-state index in [1.165, 1.54) is 18.7 Å². The Morgan fingerprint density at radius 3 is 1.29 bits per heavy atom. The van der Waals surface area contributed by atoms with E-state index in [2.05, 4.69) is 4.99 Å². The molecule has 0 aromatic carbocycles. The lowest BCUT2D eigenvalue weighted by Gasteiger charge is -1.78. The Bertz CT molecular complexity index is 181. The average Bonchev–Trinajstić information content (AvgIpc) is 2.04. The quantitative estimate of drug-likeness (QED) is 0.293. The number of hydrogen-bond donors (Lipinski definition) is 5. The number of nitrogens with zero attached hydrogens (tertiary/aromatic N) is 1. The van der Waals surface area contributed by atoms with Gasteiger partial charge in [-0.2, -0.15) is 0 Å². The second kappa shape index (κ2) is 14.3. The first-order valence-corrected chi connectivity index (χ1v) is 4.87. The van der Waals surface area contributed by atoms with Gasteiger partial charge in [-0.05, 0) is 20.1 Å². The van der Waals surface area contributed by atoms with Gasteiger partial charge in [-0.15, -0.1) is 0 Å². The zero-order valence-corrected chi connectivity index (χ0v) is 9.90. The highest BCUT2D eigenvalue weighted by Crippen LogP contribution is 1.83. The zero-order chi connectivity index (χ0) is 12.1. The monoisotopic (exact) mass is 220 g/mol. The molecule has 0 aliphatic heterocycles. The molecule has 0 spiro atoms. The number of thioether (sulfide) groups is 1. The third kappa shape index (κ3) is 135. The van der Waals surface area contributed by atoms with E-state index >= 15 is 0 Å². The van der Waals surface area contributed by atoms with Crippen LogP contribution in [0.4, 0.5) is 0 Å². The van der Waals surface area contributed by atoms with Crippen LogP contribution in [0.25, 0.3) is 0 Å². The van der Waals surface area contributed by atoms with Crippen LogP contribution in [0.15, 0.2) is 4.99 Å². The Morgan fingerprint density at radius 2 is 1.29 bits per heavy atom. The predicted octanol–water partition coefficient (Wildman–Crippen LogP) is 0.178. The fourth-order valence-corrected chi connectivity index (χ4v) is 0. The van der Waals surface area contributed by atoms with Crippen molar-refractivity contribution in [2.24, 2.45) is 22.2 Å². The summed E-state index contributed by atoms with van der Waals surface area (Å²) in [7, 11) is 1.66. The maximum Gasteiger partial charge on any atom is 0.150 e. The van der Waals surface area contributed by atoms with Crippen molar-refractivity contribution in [1.82, 2.24) is 0 Å². The van der Waals surface area contributed by atoms with Gasteiger partial charge in [0.25, 0.3) is 0 Å². The van der Waals surface area contributed by atoms with Crippen LogP contribution in [0.1, 0.15) is 13.8 Å². The Kier molecular flexibility index (Phi) is 18.9. The van der Waals surface area contributed by atoms with Gasteiger partial charge < -0.3 is 17.2 Å². The molecule has 0 fully saturated rings. The van der Waals surface area contributed by atoms with Gasteiger partial charge in [0.1, 0.15) is 0 Å². The number of rotatable bonds is 0. The summed E-state index contributed by atoms with van der Waals surface area (Å²) in [6, 6.07) is 0. The number of amidine groups is 3. The largest absolute Gasteiger partial charge is 0.388 e. The van der Waals surface area contributed by atoms with Gasteiger partial charge in [0.05, 0.1) is 11.7 Å². The lowest BCUT2D eigenvalue weighted by atomic mass is 10.7. The van der Waals surface area contributed by atoms with Crippen molar-refractivity contribution in [2.45, 2.75) is 13.8 Å². The second-order valence-electron chi connectivity index (χ2n) is 2.12. The average molecular weight is 220 g/mol. The highest BCUT2D eigenvalue weighted by atomic mass is 32.2. The molecule has 0 radical (unpaired) electrons. The summed E-state index contributed by atoms with van der Waals surface area (Å²) in [5.41, 5.74) is 14.6. The summed E-state index contributed by atoms with van der Waals surface area (Å²) in [6.07, 6.45) is 1.77. The Balaban J connectivity index is -0.000000131.